The Hall–Kier alpha value is -3.52. The maximum atomic E-state index is 13.1. The first-order chi connectivity index (χ1) is 15.6. The predicted octanol–water partition coefficient (Wildman–Crippen LogP) is 4.29. The predicted molar refractivity (Wildman–Crippen MR) is 118 cm³/mol. The molecule has 1 aliphatic rings. The Balaban J connectivity index is 1.34. The highest BCUT2D eigenvalue weighted by molar-refractivity contribution is 5.92. The molecule has 2 aromatic carbocycles. The quantitative estimate of drug-likeness (QED) is 0.531. The van der Waals surface area contributed by atoms with E-state index in [1.54, 1.807) is 24.3 Å². The van der Waals surface area contributed by atoms with Crippen LogP contribution in [0.1, 0.15) is 18.7 Å². The van der Waals surface area contributed by atoms with Gasteiger partial charge in [0.1, 0.15) is 18.2 Å². The molecular weight excluding hydrogens is 411 g/mol. The van der Waals surface area contributed by atoms with Gasteiger partial charge in [0.2, 0.25) is 17.6 Å². The Labute approximate surface area is 185 Å². The second-order valence-electron chi connectivity index (χ2n) is 7.71. The van der Waals surface area contributed by atoms with Crippen molar-refractivity contribution in [1.82, 2.24) is 15.0 Å². The van der Waals surface area contributed by atoms with Gasteiger partial charge in [-0.1, -0.05) is 23.9 Å². The van der Waals surface area contributed by atoms with E-state index in [0.717, 1.165) is 19.4 Å². The molecule has 1 amide bonds. The van der Waals surface area contributed by atoms with Crippen LogP contribution in [0.2, 0.25) is 0 Å². The molecule has 166 valence electrons. The summed E-state index contributed by atoms with van der Waals surface area (Å²) in [7, 11) is 0. The lowest BCUT2D eigenvalue weighted by molar-refractivity contribution is -0.121. The lowest BCUT2D eigenvalue weighted by atomic mass is 9.97. The molecule has 1 fully saturated rings. The first kappa shape index (κ1) is 21.7. The van der Waals surface area contributed by atoms with Crippen LogP contribution in [-0.4, -0.2) is 40.6 Å². The van der Waals surface area contributed by atoms with E-state index in [-0.39, 0.29) is 17.6 Å². The summed E-state index contributed by atoms with van der Waals surface area (Å²) in [6.07, 6.45) is 3.40. The Morgan fingerprint density at radius 1 is 1.31 bits per heavy atom. The van der Waals surface area contributed by atoms with E-state index in [1.807, 2.05) is 18.2 Å². The second-order valence-corrected chi connectivity index (χ2v) is 7.71. The fourth-order valence-electron chi connectivity index (χ4n) is 3.70. The summed E-state index contributed by atoms with van der Waals surface area (Å²) in [6.45, 7) is 5.96. The zero-order valence-corrected chi connectivity index (χ0v) is 17.7. The van der Waals surface area contributed by atoms with Crippen molar-refractivity contribution >= 4 is 11.6 Å². The molecule has 0 radical (unpaired) electrons. The van der Waals surface area contributed by atoms with Crippen molar-refractivity contribution in [2.75, 3.05) is 25.0 Å². The minimum absolute atomic E-state index is 0.0203. The minimum Gasteiger partial charge on any atom is -0.489 e. The monoisotopic (exact) mass is 436 g/mol. The number of nitrogens with one attached hydrogen (secondary N) is 1. The van der Waals surface area contributed by atoms with Crippen LogP contribution in [-0.2, 0) is 11.3 Å². The molecule has 1 aromatic heterocycles. The van der Waals surface area contributed by atoms with Gasteiger partial charge in [-0.2, -0.15) is 4.98 Å². The summed E-state index contributed by atoms with van der Waals surface area (Å²) >= 11 is 0. The number of carbonyl (C=O) groups is 1. The molecule has 1 N–H and O–H groups in total. The van der Waals surface area contributed by atoms with Gasteiger partial charge in [-0.05, 0) is 55.8 Å². The van der Waals surface area contributed by atoms with Crippen molar-refractivity contribution in [3.8, 4) is 17.1 Å². The molecular formula is C24H25FN4O3. The van der Waals surface area contributed by atoms with Gasteiger partial charge in [-0.15, -0.1) is 0 Å². The second kappa shape index (κ2) is 10.2. The highest BCUT2D eigenvalue weighted by Gasteiger charge is 2.27. The Morgan fingerprint density at radius 3 is 2.97 bits per heavy atom. The molecule has 0 saturated carbocycles. The Bertz CT molecular complexity index is 1070. The number of anilines is 1. The van der Waals surface area contributed by atoms with Crippen molar-refractivity contribution in [2.45, 2.75) is 19.4 Å². The van der Waals surface area contributed by atoms with E-state index < -0.39 is 0 Å². The van der Waals surface area contributed by atoms with Crippen LogP contribution in [0.25, 0.3) is 11.4 Å². The van der Waals surface area contributed by atoms with Crippen LogP contribution in [0.15, 0.2) is 65.7 Å². The first-order valence-electron chi connectivity index (χ1n) is 10.6. The number of aromatic nitrogens is 2. The SMILES string of the molecule is C=CCOc1cccc(NC(=O)C2CCCN(Cc3nc(-c4ccc(F)cc4)no3)C2)c1. The van der Waals surface area contributed by atoms with Crippen molar-refractivity contribution in [2.24, 2.45) is 5.92 Å². The van der Waals surface area contributed by atoms with Crippen LogP contribution in [0, 0.1) is 11.7 Å². The van der Waals surface area contributed by atoms with Crippen LogP contribution < -0.4 is 10.1 Å². The van der Waals surface area contributed by atoms with Crippen molar-refractivity contribution in [3.63, 3.8) is 0 Å². The van der Waals surface area contributed by atoms with E-state index in [4.69, 9.17) is 9.26 Å². The number of hydrogen-bond acceptors (Lipinski definition) is 6. The minimum atomic E-state index is -0.314. The number of nitrogens with zero attached hydrogens (tertiary/aromatic N) is 3. The molecule has 8 heteroatoms. The maximum Gasteiger partial charge on any atom is 0.241 e. The van der Waals surface area contributed by atoms with E-state index in [9.17, 15) is 9.18 Å². The number of likely N-dealkylation sites (tertiary alicyclic amines) is 1. The van der Waals surface area contributed by atoms with Crippen molar-refractivity contribution in [1.29, 1.82) is 0 Å². The fourth-order valence-corrected chi connectivity index (χ4v) is 3.70. The molecule has 1 aliphatic heterocycles. The fraction of sp³-hybridized carbons (Fsp3) is 0.292. The van der Waals surface area contributed by atoms with Crippen LogP contribution >= 0.6 is 0 Å². The Kier molecular flexibility index (Phi) is 6.91. The first-order valence-corrected chi connectivity index (χ1v) is 10.6. The summed E-state index contributed by atoms with van der Waals surface area (Å²) in [6, 6.07) is 13.3. The number of amides is 1. The van der Waals surface area contributed by atoms with Gasteiger partial charge in [0.25, 0.3) is 0 Å². The third-order valence-corrected chi connectivity index (χ3v) is 5.28. The normalized spacial score (nSPS) is 16.5. The van der Waals surface area contributed by atoms with Crippen molar-refractivity contribution < 1.29 is 18.4 Å². The largest absolute Gasteiger partial charge is 0.489 e. The number of halogens is 1. The topological polar surface area (TPSA) is 80.5 Å². The van der Waals surface area contributed by atoms with Gasteiger partial charge in [0.15, 0.2) is 0 Å². The van der Waals surface area contributed by atoms with Gasteiger partial charge < -0.3 is 14.6 Å². The highest BCUT2D eigenvalue weighted by Crippen LogP contribution is 2.23. The lowest BCUT2D eigenvalue weighted by Crippen LogP contribution is -2.40. The third kappa shape index (κ3) is 5.59. The molecule has 0 aliphatic carbocycles. The molecule has 4 rings (SSSR count). The van der Waals surface area contributed by atoms with Gasteiger partial charge in [-0.3, -0.25) is 9.69 Å². The molecule has 32 heavy (non-hydrogen) atoms. The van der Waals surface area contributed by atoms with E-state index in [2.05, 4.69) is 26.9 Å². The summed E-state index contributed by atoms with van der Waals surface area (Å²) in [5.41, 5.74) is 1.39. The standard InChI is InChI=1S/C24H25FN4O3/c1-2-13-31-21-7-3-6-20(14-21)26-24(30)18-5-4-12-29(15-18)16-22-27-23(28-32-22)17-8-10-19(25)11-9-17/h2-3,6-11,14,18H,1,4-5,12-13,15-16H2,(H,26,30). The number of rotatable bonds is 8. The summed E-state index contributed by atoms with van der Waals surface area (Å²) in [4.78, 5) is 19.4. The molecule has 3 aromatic rings. The van der Waals surface area contributed by atoms with E-state index >= 15 is 0 Å². The van der Waals surface area contributed by atoms with Crippen molar-refractivity contribution in [3.05, 3.63) is 72.9 Å². The smallest absolute Gasteiger partial charge is 0.241 e. The third-order valence-electron chi connectivity index (χ3n) is 5.28. The molecule has 1 unspecified atom stereocenters. The van der Waals surface area contributed by atoms with Crippen LogP contribution in [0.5, 0.6) is 5.75 Å². The zero-order chi connectivity index (χ0) is 22.3. The number of piperidine rings is 1. The van der Waals surface area contributed by atoms with E-state index in [0.29, 0.717) is 48.4 Å². The summed E-state index contributed by atoms with van der Waals surface area (Å²) in [5.74, 6) is 1.10. The average Bonchev–Trinajstić information content (AvgIpc) is 3.27. The number of ether oxygens (including phenoxy) is 1. The van der Waals surface area contributed by atoms with Gasteiger partial charge in [0, 0.05) is 23.9 Å². The molecule has 0 spiro atoms. The number of hydrogen-bond donors (Lipinski definition) is 1. The van der Waals surface area contributed by atoms with Crippen LogP contribution in [0.3, 0.4) is 0 Å². The number of benzene rings is 2. The molecule has 0 bridgehead atoms. The molecule has 1 atom stereocenters. The summed E-state index contributed by atoms with van der Waals surface area (Å²) in [5, 5.41) is 6.98. The average molecular weight is 436 g/mol. The van der Waals surface area contributed by atoms with Gasteiger partial charge >= 0.3 is 0 Å². The molecule has 1 saturated heterocycles. The summed E-state index contributed by atoms with van der Waals surface area (Å²) < 4.78 is 24.0. The maximum absolute atomic E-state index is 13.1. The van der Waals surface area contributed by atoms with Gasteiger partial charge in [0.05, 0.1) is 12.5 Å². The van der Waals surface area contributed by atoms with Gasteiger partial charge in [-0.25, -0.2) is 4.39 Å². The molecule has 7 nitrogen and oxygen atoms in total. The lowest BCUT2D eigenvalue weighted by Gasteiger charge is -2.30. The van der Waals surface area contributed by atoms with Crippen LogP contribution in [0.4, 0.5) is 10.1 Å². The number of carbonyl (C=O) groups excluding carboxylic acids is 1. The molecule has 2 heterocycles. The zero-order valence-electron chi connectivity index (χ0n) is 17.7. The Morgan fingerprint density at radius 2 is 2.16 bits per heavy atom. The highest BCUT2D eigenvalue weighted by atomic mass is 19.1. The van der Waals surface area contributed by atoms with E-state index in [1.165, 1.54) is 12.1 Å².